The highest BCUT2D eigenvalue weighted by atomic mass is 32.2. The molecule has 9 nitrogen and oxygen atoms in total. The molecule has 0 bridgehead atoms. The van der Waals surface area contributed by atoms with E-state index in [0.29, 0.717) is 23.9 Å². The Balaban J connectivity index is 1.43. The van der Waals surface area contributed by atoms with E-state index in [0.717, 1.165) is 10.2 Å². The van der Waals surface area contributed by atoms with Crippen molar-refractivity contribution < 1.29 is 22.4 Å². The van der Waals surface area contributed by atoms with E-state index in [-0.39, 0.29) is 16.2 Å². The monoisotopic (exact) mass is 498 g/mol. The average Bonchev–Trinajstić information content (AvgIpc) is 3.50. The topological polar surface area (TPSA) is 122 Å². The van der Waals surface area contributed by atoms with Crippen molar-refractivity contribution in [3.8, 4) is 10.8 Å². The SMILES string of the molecule is CCN(CC)S(=O)(=O)c1cccc(C(=O)NNC(=O)c2ccc(-c3nc4ccccc4s3)o2)c1. The van der Waals surface area contributed by atoms with Crippen LogP contribution in [0.15, 0.2) is 70.0 Å². The van der Waals surface area contributed by atoms with E-state index < -0.39 is 21.8 Å². The highest BCUT2D eigenvalue weighted by molar-refractivity contribution is 7.89. The highest BCUT2D eigenvalue weighted by Crippen LogP contribution is 2.31. The molecule has 0 unspecified atom stereocenters. The van der Waals surface area contributed by atoms with E-state index in [4.69, 9.17) is 4.42 Å². The van der Waals surface area contributed by atoms with Crippen LogP contribution in [0, 0.1) is 0 Å². The molecule has 2 amide bonds. The van der Waals surface area contributed by atoms with Crippen LogP contribution in [-0.2, 0) is 10.0 Å². The number of hydrogen-bond donors (Lipinski definition) is 2. The fraction of sp³-hybridized carbons (Fsp3) is 0.174. The normalized spacial score (nSPS) is 11.6. The Morgan fingerprint density at radius 2 is 1.71 bits per heavy atom. The Labute approximate surface area is 200 Å². The Kier molecular flexibility index (Phi) is 6.77. The van der Waals surface area contributed by atoms with Crippen LogP contribution in [0.4, 0.5) is 0 Å². The van der Waals surface area contributed by atoms with Crippen molar-refractivity contribution in [2.45, 2.75) is 18.7 Å². The molecule has 0 saturated carbocycles. The number of nitrogens with zero attached hydrogens (tertiary/aromatic N) is 2. The molecule has 0 fully saturated rings. The number of aromatic nitrogens is 1. The number of thiazole rings is 1. The summed E-state index contributed by atoms with van der Waals surface area (Å²) in [7, 11) is -3.72. The minimum absolute atomic E-state index is 0.00156. The number of sulfonamides is 1. The number of carbonyl (C=O) groups excluding carboxylic acids is 2. The van der Waals surface area contributed by atoms with Crippen molar-refractivity contribution in [2.75, 3.05) is 13.1 Å². The summed E-state index contributed by atoms with van der Waals surface area (Å²) in [6, 6.07) is 16.4. The Bertz CT molecular complexity index is 1420. The largest absolute Gasteiger partial charge is 0.448 e. The molecule has 11 heteroatoms. The maximum Gasteiger partial charge on any atom is 0.305 e. The van der Waals surface area contributed by atoms with Crippen LogP contribution in [0.25, 0.3) is 21.0 Å². The van der Waals surface area contributed by atoms with E-state index in [1.54, 1.807) is 19.9 Å². The minimum Gasteiger partial charge on any atom is -0.448 e. The number of para-hydroxylation sites is 1. The number of rotatable bonds is 7. The predicted molar refractivity (Wildman–Crippen MR) is 129 cm³/mol. The van der Waals surface area contributed by atoms with Crippen LogP contribution in [0.5, 0.6) is 0 Å². The van der Waals surface area contributed by atoms with E-state index in [9.17, 15) is 18.0 Å². The van der Waals surface area contributed by atoms with Crippen molar-refractivity contribution in [3.05, 3.63) is 72.0 Å². The van der Waals surface area contributed by atoms with E-state index in [1.165, 1.54) is 46.0 Å². The van der Waals surface area contributed by atoms with Crippen LogP contribution in [0.1, 0.15) is 34.8 Å². The van der Waals surface area contributed by atoms with E-state index in [2.05, 4.69) is 15.8 Å². The van der Waals surface area contributed by atoms with E-state index in [1.807, 2.05) is 24.3 Å². The van der Waals surface area contributed by atoms with Gasteiger partial charge in [0, 0.05) is 18.7 Å². The summed E-state index contributed by atoms with van der Waals surface area (Å²) in [5.41, 5.74) is 5.49. The number of fused-ring (bicyclic) bond motifs is 1. The number of hydrogen-bond acceptors (Lipinski definition) is 7. The van der Waals surface area contributed by atoms with Gasteiger partial charge in [0.1, 0.15) is 0 Å². The van der Waals surface area contributed by atoms with Crippen molar-refractivity contribution in [1.82, 2.24) is 20.1 Å². The van der Waals surface area contributed by atoms with Gasteiger partial charge in [0.15, 0.2) is 16.5 Å². The summed E-state index contributed by atoms with van der Waals surface area (Å²) in [5, 5.41) is 0.635. The van der Waals surface area contributed by atoms with Crippen LogP contribution >= 0.6 is 11.3 Å². The molecule has 0 aliphatic heterocycles. The number of furan rings is 1. The first-order chi connectivity index (χ1) is 16.3. The highest BCUT2D eigenvalue weighted by Gasteiger charge is 2.23. The van der Waals surface area contributed by atoms with Crippen LogP contribution in [0.2, 0.25) is 0 Å². The summed E-state index contributed by atoms with van der Waals surface area (Å²) in [5.74, 6) is -0.894. The molecule has 0 aliphatic carbocycles. The number of carbonyl (C=O) groups is 2. The zero-order chi connectivity index (χ0) is 24.3. The first kappa shape index (κ1) is 23.6. The number of amides is 2. The van der Waals surface area contributed by atoms with Crippen LogP contribution in [0.3, 0.4) is 0 Å². The zero-order valence-corrected chi connectivity index (χ0v) is 20.1. The Hall–Kier alpha value is -3.54. The molecule has 34 heavy (non-hydrogen) atoms. The lowest BCUT2D eigenvalue weighted by atomic mass is 10.2. The lowest BCUT2D eigenvalue weighted by molar-refractivity contribution is 0.0831. The molecule has 0 saturated heterocycles. The quantitative estimate of drug-likeness (QED) is 0.375. The van der Waals surface area contributed by atoms with Crippen LogP contribution in [-0.4, -0.2) is 42.6 Å². The van der Waals surface area contributed by atoms with Gasteiger partial charge in [-0.25, -0.2) is 13.4 Å². The molecular weight excluding hydrogens is 476 g/mol. The van der Waals surface area contributed by atoms with Gasteiger partial charge in [0.25, 0.3) is 5.91 Å². The molecule has 0 atom stereocenters. The van der Waals surface area contributed by atoms with Gasteiger partial charge in [-0.15, -0.1) is 11.3 Å². The summed E-state index contributed by atoms with van der Waals surface area (Å²) < 4.78 is 33.3. The lowest BCUT2D eigenvalue weighted by Gasteiger charge is -2.18. The summed E-state index contributed by atoms with van der Waals surface area (Å²) in [4.78, 5) is 29.5. The van der Waals surface area contributed by atoms with Crippen molar-refractivity contribution in [1.29, 1.82) is 0 Å². The third-order valence-electron chi connectivity index (χ3n) is 5.06. The maximum absolute atomic E-state index is 12.7. The van der Waals surface area contributed by atoms with Crippen molar-refractivity contribution in [3.63, 3.8) is 0 Å². The van der Waals surface area contributed by atoms with Crippen molar-refractivity contribution in [2.24, 2.45) is 0 Å². The zero-order valence-electron chi connectivity index (χ0n) is 18.4. The maximum atomic E-state index is 12.7. The third-order valence-corrected chi connectivity index (χ3v) is 8.16. The molecule has 0 aliphatic rings. The molecule has 2 N–H and O–H groups in total. The molecule has 2 aromatic carbocycles. The standard InChI is InChI=1S/C23H22N4O5S2/c1-3-27(4-2)34(30,31)16-9-7-8-15(14-16)21(28)25-26-22(29)18-12-13-19(32-18)23-24-17-10-5-6-11-20(17)33-23/h5-14H,3-4H2,1-2H3,(H,25,28)(H,26,29). The van der Waals surface area contributed by atoms with Gasteiger partial charge >= 0.3 is 5.91 Å². The fourth-order valence-corrected chi connectivity index (χ4v) is 5.74. The Morgan fingerprint density at radius 1 is 0.971 bits per heavy atom. The second-order valence-corrected chi connectivity index (χ2v) is 10.1. The molecule has 2 heterocycles. The van der Waals surface area contributed by atoms with Crippen molar-refractivity contribution >= 4 is 43.4 Å². The fourth-order valence-electron chi connectivity index (χ4n) is 3.31. The van der Waals surface area contributed by atoms with Gasteiger partial charge < -0.3 is 4.42 Å². The molecular formula is C23H22N4O5S2. The predicted octanol–water partition coefficient (Wildman–Crippen LogP) is 3.66. The second kappa shape index (κ2) is 9.75. The van der Waals surface area contributed by atoms with Gasteiger partial charge in [-0.3, -0.25) is 20.4 Å². The van der Waals surface area contributed by atoms with Gasteiger partial charge in [-0.05, 0) is 42.5 Å². The second-order valence-electron chi connectivity index (χ2n) is 7.18. The number of nitrogens with one attached hydrogen (secondary N) is 2. The third kappa shape index (κ3) is 4.72. The van der Waals surface area contributed by atoms with Gasteiger partial charge in [0.05, 0.1) is 15.1 Å². The molecule has 4 aromatic rings. The summed E-state index contributed by atoms with van der Waals surface area (Å²) in [6.45, 7) is 4.11. The molecule has 2 aromatic heterocycles. The smallest absolute Gasteiger partial charge is 0.305 e. The first-order valence-corrected chi connectivity index (χ1v) is 12.8. The van der Waals surface area contributed by atoms with Gasteiger partial charge in [0.2, 0.25) is 10.0 Å². The van der Waals surface area contributed by atoms with Gasteiger partial charge in [-0.1, -0.05) is 32.0 Å². The molecule has 176 valence electrons. The minimum atomic E-state index is -3.72. The number of hydrazine groups is 1. The summed E-state index contributed by atoms with van der Waals surface area (Å²) in [6.07, 6.45) is 0. The number of benzene rings is 2. The van der Waals surface area contributed by atoms with Gasteiger partial charge in [-0.2, -0.15) is 4.31 Å². The summed E-state index contributed by atoms with van der Waals surface area (Å²) >= 11 is 1.44. The van der Waals surface area contributed by atoms with Crippen LogP contribution < -0.4 is 10.9 Å². The molecule has 0 spiro atoms. The first-order valence-electron chi connectivity index (χ1n) is 10.5. The Morgan fingerprint density at radius 3 is 2.44 bits per heavy atom. The lowest BCUT2D eigenvalue weighted by Crippen LogP contribution is -2.41. The average molecular weight is 499 g/mol. The molecule has 0 radical (unpaired) electrons. The van der Waals surface area contributed by atoms with E-state index >= 15 is 0 Å². The molecule has 4 rings (SSSR count).